The second-order valence-electron chi connectivity index (χ2n) is 7.21. The number of methoxy groups -OCH3 is 1. The van der Waals surface area contributed by atoms with Crippen LogP contribution in [0.25, 0.3) is 0 Å². The zero-order valence-corrected chi connectivity index (χ0v) is 19.9. The van der Waals surface area contributed by atoms with Crippen LogP contribution in [0.3, 0.4) is 0 Å². The summed E-state index contributed by atoms with van der Waals surface area (Å²) in [6.07, 6.45) is 1.15. The van der Waals surface area contributed by atoms with Crippen LogP contribution in [0.5, 0.6) is 11.5 Å². The highest BCUT2D eigenvalue weighted by Crippen LogP contribution is 2.26. The second-order valence-corrected chi connectivity index (χ2v) is 8.07. The van der Waals surface area contributed by atoms with E-state index in [1.54, 1.807) is 31.4 Å². The van der Waals surface area contributed by atoms with Crippen molar-refractivity contribution in [2.24, 2.45) is 5.10 Å². The molecule has 0 heterocycles. The van der Waals surface area contributed by atoms with Gasteiger partial charge in [-0.1, -0.05) is 29.8 Å². The lowest BCUT2D eigenvalue weighted by atomic mass is 10.2. The van der Waals surface area contributed by atoms with Gasteiger partial charge in [-0.05, 0) is 76.4 Å². The van der Waals surface area contributed by atoms with Gasteiger partial charge in [0.25, 0.3) is 0 Å². The molecule has 0 fully saturated rings. The Hall–Kier alpha value is -3.65. The number of halogens is 1. The third-order valence-electron chi connectivity index (χ3n) is 4.57. The van der Waals surface area contributed by atoms with Crippen molar-refractivity contribution < 1.29 is 19.1 Å². The molecular formula is C25H24BrN3O4. The van der Waals surface area contributed by atoms with Crippen LogP contribution in [-0.2, 0) is 16.2 Å². The molecule has 0 aliphatic carbocycles. The molecule has 3 rings (SSSR count). The number of hydrogen-bond donors (Lipinski definition) is 2. The molecule has 0 spiro atoms. The first-order valence-corrected chi connectivity index (χ1v) is 11.0. The Bertz CT molecular complexity index is 1130. The van der Waals surface area contributed by atoms with Crippen LogP contribution in [0, 0.1) is 6.92 Å². The summed E-state index contributed by atoms with van der Waals surface area (Å²) in [5.74, 6) is 0.421. The lowest BCUT2D eigenvalue weighted by Gasteiger charge is -2.09. The lowest BCUT2D eigenvalue weighted by molar-refractivity contribution is -0.126. The number of nitrogens with one attached hydrogen (secondary N) is 2. The molecule has 0 saturated carbocycles. The van der Waals surface area contributed by atoms with Crippen LogP contribution in [0.15, 0.2) is 76.3 Å². The molecule has 2 amide bonds. The molecule has 0 saturated heterocycles. The summed E-state index contributed by atoms with van der Waals surface area (Å²) in [6, 6.07) is 20.5. The van der Waals surface area contributed by atoms with Gasteiger partial charge in [0.15, 0.2) is 0 Å². The smallest absolute Gasteiger partial charge is 0.249 e. The standard InChI is InChI=1S/C25H24BrN3O4/c1-17-3-5-18(6-4-17)16-33-23-12-7-19(13-22(23)26)15-27-29-25(31)14-24(30)28-20-8-10-21(32-2)11-9-20/h3-13,15H,14,16H2,1-2H3,(H,28,30)(H,29,31). The quantitative estimate of drug-likeness (QED) is 0.245. The van der Waals surface area contributed by atoms with Crippen LogP contribution in [0.1, 0.15) is 23.1 Å². The number of benzene rings is 3. The minimum absolute atomic E-state index is 0.348. The molecular weight excluding hydrogens is 486 g/mol. The predicted octanol–water partition coefficient (Wildman–Crippen LogP) is 4.82. The van der Waals surface area contributed by atoms with Crippen molar-refractivity contribution >= 4 is 39.6 Å². The summed E-state index contributed by atoms with van der Waals surface area (Å²) >= 11 is 3.49. The van der Waals surface area contributed by atoms with Gasteiger partial charge in [-0.15, -0.1) is 0 Å². The van der Waals surface area contributed by atoms with Crippen LogP contribution >= 0.6 is 15.9 Å². The first-order chi connectivity index (χ1) is 15.9. The van der Waals surface area contributed by atoms with E-state index in [4.69, 9.17) is 9.47 Å². The zero-order chi connectivity index (χ0) is 23.6. The normalized spacial score (nSPS) is 10.6. The summed E-state index contributed by atoms with van der Waals surface area (Å²) in [4.78, 5) is 24.0. The molecule has 0 radical (unpaired) electrons. The fraction of sp³-hybridized carbons (Fsp3) is 0.160. The fourth-order valence-electron chi connectivity index (χ4n) is 2.80. The number of amides is 2. The second kappa shape index (κ2) is 11.8. The molecule has 0 atom stereocenters. The minimum atomic E-state index is -0.519. The summed E-state index contributed by atoms with van der Waals surface area (Å²) in [6.45, 7) is 2.50. The number of carbonyl (C=O) groups is 2. The number of carbonyl (C=O) groups excluding carboxylic acids is 2. The Morgan fingerprint density at radius 2 is 1.73 bits per heavy atom. The van der Waals surface area contributed by atoms with Gasteiger partial charge in [0.1, 0.15) is 24.5 Å². The van der Waals surface area contributed by atoms with Gasteiger partial charge >= 0.3 is 0 Å². The Morgan fingerprint density at radius 3 is 2.39 bits per heavy atom. The largest absolute Gasteiger partial charge is 0.497 e. The number of hydrazone groups is 1. The van der Waals surface area contributed by atoms with Crippen molar-refractivity contribution in [3.8, 4) is 11.5 Å². The number of rotatable bonds is 9. The molecule has 0 aromatic heterocycles. The summed E-state index contributed by atoms with van der Waals surface area (Å²) < 4.78 is 11.7. The van der Waals surface area contributed by atoms with Crippen LogP contribution < -0.4 is 20.2 Å². The topological polar surface area (TPSA) is 89.0 Å². The number of anilines is 1. The fourth-order valence-corrected chi connectivity index (χ4v) is 3.31. The van der Waals surface area contributed by atoms with Crippen molar-refractivity contribution in [1.29, 1.82) is 0 Å². The maximum Gasteiger partial charge on any atom is 0.249 e. The van der Waals surface area contributed by atoms with Gasteiger partial charge in [-0.3, -0.25) is 9.59 Å². The zero-order valence-electron chi connectivity index (χ0n) is 18.3. The maximum atomic E-state index is 12.0. The molecule has 2 N–H and O–H groups in total. The number of aryl methyl sites for hydroxylation is 1. The number of hydrogen-bond acceptors (Lipinski definition) is 5. The Kier molecular flexibility index (Phi) is 8.60. The van der Waals surface area contributed by atoms with Gasteiger partial charge in [-0.25, -0.2) is 5.43 Å². The highest BCUT2D eigenvalue weighted by atomic mass is 79.9. The van der Waals surface area contributed by atoms with Gasteiger partial charge in [-0.2, -0.15) is 5.10 Å². The average molecular weight is 510 g/mol. The van der Waals surface area contributed by atoms with Gasteiger partial charge in [0.05, 0.1) is 17.8 Å². The highest BCUT2D eigenvalue weighted by molar-refractivity contribution is 9.10. The van der Waals surface area contributed by atoms with E-state index in [2.05, 4.69) is 31.8 Å². The summed E-state index contributed by atoms with van der Waals surface area (Å²) in [7, 11) is 1.56. The van der Waals surface area contributed by atoms with Crippen LogP contribution in [-0.4, -0.2) is 25.1 Å². The predicted molar refractivity (Wildman–Crippen MR) is 132 cm³/mol. The average Bonchev–Trinajstić information content (AvgIpc) is 2.80. The van der Waals surface area contributed by atoms with E-state index in [1.165, 1.54) is 11.8 Å². The molecule has 170 valence electrons. The SMILES string of the molecule is COc1ccc(NC(=O)CC(=O)NN=Cc2ccc(OCc3ccc(C)cc3)c(Br)c2)cc1. The molecule has 0 bridgehead atoms. The third-order valence-corrected chi connectivity index (χ3v) is 5.19. The Morgan fingerprint density at radius 1 is 1.00 bits per heavy atom. The number of ether oxygens (including phenoxy) is 2. The van der Waals surface area contributed by atoms with Crippen molar-refractivity contribution in [1.82, 2.24) is 5.43 Å². The van der Waals surface area contributed by atoms with E-state index >= 15 is 0 Å². The molecule has 8 heteroatoms. The van der Waals surface area contributed by atoms with Crippen LogP contribution in [0.2, 0.25) is 0 Å². The summed E-state index contributed by atoms with van der Waals surface area (Å²) in [5.41, 5.74) is 5.97. The molecule has 0 aliphatic heterocycles. The van der Waals surface area contributed by atoms with Gasteiger partial charge < -0.3 is 14.8 Å². The van der Waals surface area contributed by atoms with E-state index in [0.29, 0.717) is 23.8 Å². The van der Waals surface area contributed by atoms with E-state index in [-0.39, 0.29) is 6.42 Å². The molecule has 0 unspecified atom stereocenters. The van der Waals surface area contributed by atoms with Crippen LogP contribution in [0.4, 0.5) is 5.69 Å². The summed E-state index contributed by atoms with van der Waals surface area (Å²) in [5, 5.41) is 6.56. The third kappa shape index (κ3) is 7.76. The highest BCUT2D eigenvalue weighted by Gasteiger charge is 2.09. The molecule has 3 aromatic carbocycles. The van der Waals surface area contributed by atoms with Gasteiger partial charge in [0, 0.05) is 5.69 Å². The maximum absolute atomic E-state index is 12.0. The van der Waals surface area contributed by atoms with Gasteiger partial charge in [0.2, 0.25) is 11.8 Å². The van der Waals surface area contributed by atoms with Crippen molar-refractivity contribution in [3.05, 3.63) is 87.9 Å². The van der Waals surface area contributed by atoms with Crippen molar-refractivity contribution in [3.63, 3.8) is 0 Å². The molecule has 3 aromatic rings. The Balaban J connectivity index is 1.45. The van der Waals surface area contributed by atoms with E-state index < -0.39 is 11.8 Å². The number of nitrogens with zero attached hydrogens (tertiary/aromatic N) is 1. The minimum Gasteiger partial charge on any atom is -0.497 e. The van der Waals surface area contributed by atoms with E-state index in [0.717, 1.165) is 15.6 Å². The van der Waals surface area contributed by atoms with E-state index in [1.807, 2.05) is 49.4 Å². The molecule has 0 aliphatic rings. The first kappa shape index (κ1) is 24.0. The molecule has 7 nitrogen and oxygen atoms in total. The first-order valence-electron chi connectivity index (χ1n) is 10.2. The lowest BCUT2D eigenvalue weighted by Crippen LogP contribution is -2.24. The molecule has 33 heavy (non-hydrogen) atoms. The Labute approximate surface area is 200 Å². The monoisotopic (exact) mass is 509 g/mol. The van der Waals surface area contributed by atoms with E-state index in [9.17, 15) is 9.59 Å². The van der Waals surface area contributed by atoms with Crippen molar-refractivity contribution in [2.45, 2.75) is 20.0 Å². The van der Waals surface area contributed by atoms with Crippen molar-refractivity contribution in [2.75, 3.05) is 12.4 Å².